The monoisotopic (exact) mass is 410 g/mol. The van der Waals surface area contributed by atoms with Gasteiger partial charge in [0, 0.05) is 17.8 Å². The van der Waals surface area contributed by atoms with Crippen molar-refractivity contribution in [3.63, 3.8) is 0 Å². The molecule has 0 amide bonds. The summed E-state index contributed by atoms with van der Waals surface area (Å²) in [5.41, 5.74) is 2.72. The Morgan fingerprint density at radius 3 is 2.76 bits per heavy atom. The van der Waals surface area contributed by atoms with Crippen LogP contribution in [-0.2, 0) is 13.1 Å². The molecule has 1 N–H and O–H groups in total. The van der Waals surface area contributed by atoms with Crippen LogP contribution in [0.4, 0.5) is 0 Å². The van der Waals surface area contributed by atoms with Gasteiger partial charge in [0.25, 0.3) is 0 Å². The summed E-state index contributed by atoms with van der Waals surface area (Å²) in [4.78, 5) is 24.6. The predicted molar refractivity (Wildman–Crippen MR) is 111 cm³/mol. The topological polar surface area (TPSA) is 82.0 Å². The Balaban J connectivity index is 1.87. The van der Waals surface area contributed by atoms with Gasteiger partial charge in [0.2, 0.25) is 0 Å². The fourth-order valence-corrected chi connectivity index (χ4v) is 3.60. The van der Waals surface area contributed by atoms with Crippen molar-refractivity contribution in [3.8, 4) is 5.69 Å². The largest absolute Gasteiger partial charge is 0.478 e. The van der Waals surface area contributed by atoms with E-state index in [1.807, 2.05) is 6.20 Å². The molecule has 0 bridgehead atoms. The standard InChI is InChI=1S/C21H19ClN4O3/c1-2-8-24-13-17(11-23-24)26-19-10-16(22)6-7-18(19)25(21(26)29)12-14-4-3-5-15(9-14)20(27)28/h3-7,9-11,13H,2,8,12H2,1H3,(H,27,28). The van der Waals surface area contributed by atoms with Crippen LogP contribution in [0.3, 0.4) is 0 Å². The smallest absolute Gasteiger partial charge is 0.335 e. The Kier molecular flexibility index (Phi) is 4.98. The van der Waals surface area contributed by atoms with Gasteiger partial charge in [-0.25, -0.2) is 9.59 Å². The number of aryl methyl sites for hydroxylation is 1. The average Bonchev–Trinajstić information content (AvgIpc) is 3.25. The van der Waals surface area contributed by atoms with E-state index in [2.05, 4.69) is 12.0 Å². The van der Waals surface area contributed by atoms with E-state index in [4.69, 9.17) is 11.6 Å². The normalized spacial score (nSPS) is 11.2. The molecule has 0 fully saturated rings. The number of aromatic nitrogens is 4. The SMILES string of the molecule is CCCn1cc(-n2c(=O)n(Cc3cccc(C(=O)O)c3)c3ccc(Cl)cc32)cn1. The molecule has 4 rings (SSSR count). The third-order valence-corrected chi connectivity index (χ3v) is 4.97. The van der Waals surface area contributed by atoms with Crippen molar-refractivity contribution < 1.29 is 9.90 Å². The van der Waals surface area contributed by atoms with Crippen LogP contribution < -0.4 is 5.69 Å². The molecule has 2 heterocycles. The van der Waals surface area contributed by atoms with Crippen molar-refractivity contribution in [1.29, 1.82) is 0 Å². The second-order valence-electron chi connectivity index (χ2n) is 6.80. The van der Waals surface area contributed by atoms with E-state index in [9.17, 15) is 14.7 Å². The highest BCUT2D eigenvalue weighted by atomic mass is 35.5. The number of imidazole rings is 1. The summed E-state index contributed by atoms with van der Waals surface area (Å²) in [6, 6.07) is 11.9. The lowest BCUT2D eigenvalue weighted by Crippen LogP contribution is -2.23. The molecule has 0 atom stereocenters. The Bertz CT molecular complexity index is 1270. The maximum absolute atomic E-state index is 13.3. The number of fused-ring (bicyclic) bond motifs is 1. The lowest BCUT2D eigenvalue weighted by atomic mass is 10.1. The van der Waals surface area contributed by atoms with Crippen molar-refractivity contribution in [2.24, 2.45) is 0 Å². The number of hydrogen-bond donors (Lipinski definition) is 1. The first kappa shape index (κ1) is 19.0. The van der Waals surface area contributed by atoms with Gasteiger partial charge in [0.15, 0.2) is 0 Å². The molecular formula is C21H19ClN4O3. The van der Waals surface area contributed by atoms with Crippen molar-refractivity contribution in [3.05, 3.63) is 81.5 Å². The molecule has 0 spiro atoms. The number of nitrogens with zero attached hydrogens (tertiary/aromatic N) is 4. The van der Waals surface area contributed by atoms with Gasteiger partial charge in [-0.3, -0.25) is 13.8 Å². The van der Waals surface area contributed by atoms with Crippen LogP contribution in [0.1, 0.15) is 29.3 Å². The molecule has 29 heavy (non-hydrogen) atoms. The second kappa shape index (κ2) is 7.60. The summed E-state index contributed by atoms with van der Waals surface area (Å²) in [7, 11) is 0. The minimum absolute atomic E-state index is 0.183. The molecule has 4 aromatic rings. The highest BCUT2D eigenvalue weighted by Crippen LogP contribution is 2.22. The molecule has 0 unspecified atom stereocenters. The lowest BCUT2D eigenvalue weighted by Gasteiger charge is -2.05. The van der Waals surface area contributed by atoms with Crippen molar-refractivity contribution in [2.45, 2.75) is 26.4 Å². The van der Waals surface area contributed by atoms with Crippen molar-refractivity contribution in [2.75, 3.05) is 0 Å². The van der Waals surface area contributed by atoms with Crippen LogP contribution in [0, 0.1) is 0 Å². The van der Waals surface area contributed by atoms with E-state index in [0.29, 0.717) is 21.7 Å². The van der Waals surface area contributed by atoms with Gasteiger partial charge in [0.05, 0.1) is 35.0 Å². The number of rotatable bonds is 6. The number of hydrogen-bond acceptors (Lipinski definition) is 3. The Hall–Kier alpha value is -3.32. The minimum Gasteiger partial charge on any atom is -0.478 e. The number of halogens is 1. The van der Waals surface area contributed by atoms with E-state index in [0.717, 1.165) is 18.5 Å². The number of carbonyl (C=O) groups is 1. The molecule has 0 aliphatic rings. The molecule has 0 saturated heterocycles. The zero-order chi connectivity index (χ0) is 20.5. The number of benzene rings is 2. The van der Waals surface area contributed by atoms with Gasteiger partial charge in [-0.2, -0.15) is 5.10 Å². The van der Waals surface area contributed by atoms with Crippen molar-refractivity contribution >= 4 is 28.6 Å². The van der Waals surface area contributed by atoms with Gasteiger partial charge in [-0.05, 0) is 42.3 Å². The van der Waals surface area contributed by atoms with Crippen LogP contribution in [0.25, 0.3) is 16.7 Å². The first-order chi connectivity index (χ1) is 14.0. The quantitative estimate of drug-likeness (QED) is 0.524. The van der Waals surface area contributed by atoms with Crippen LogP contribution in [0.2, 0.25) is 5.02 Å². The number of carboxylic acid groups (broad SMARTS) is 1. The lowest BCUT2D eigenvalue weighted by molar-refractivity contribution is 0.0696. The maximum atomic E-state index is 13.3. The zero-order valence-corrected chi connectivity index (χ0v) is 16.5. The summed E-state index contributed by atoms with van der Waals surface area (Å²) < 4.78 is 5.00. The second-order valence-corrected chi connectivity index (χ2v) is 7.24. The molecule has 2 aromatic heterocycles. The summed E-state index contributed by atoms with van der Waals surface area (Å²) in [5, 5.41) is 14.1. The molecule has 148 valence electrons. The molecular weight excluding hydrogens is 392 g/mol. The molecule has 7 nitrogen and oxygen atoms in total. The first-order valence-electron chi connectivity index (χ1n) is 9.24. The average molecular weight is 411 g/mol. The predicted octanol–water partition coefficient (Wildman–Crippen LogP) is 3.80. The Morgan fingerprint density at radius 2 is 2.00 bits per heavy atom. The molecule has 0 aliphatic carbocycles. The molecule has 0 aliphatic heterocycles. The number of aromatic carboxylic acids is 1. The third-order valence-electron chi connectivity index (χ3n) is 4.74. The van der Waals surface area contributed by atoms with E-state index in [-0.39, 0.29) is 17.8 Å². The zero-order valence-electron chi connectivity index (χ0n) is 15.7. The van der Waals surface area contributed by atoms with Gasteiger partial charge >= 0.3 is 11.7 Å². The number of carboxylic acids is 1. The van der Waals surface area contributed by atoms with Crippen LogP contribution in [0.15, 0.2) is 59.7 Å². The van der Waals surface area contributed by atoms with E-state index >= 15 is 0 Å². The highest BCUT2D eigenvalue weighted by Gasteiger charge is 2.17. The molecule has 8 heteroatoms. The van der Waals surface area contributed by atoms with Crippen LogP contribution in [-0.4, -0.2) is 30.0 Å². The minimum atomic E-state index is -1.00. The summed E-state index contributed by atoms with van der Waals surface area (Å²) >= 11 is 6.20. The van der Waals surface area contributed by atoms with E-state index in [1.54, 1.807) is 56.4 Å². The maximum Gasteiger partial charge on any atom is 0.335 e. The fraction of sp³-hybridized carbons (Fsp3) is 0.190. The van der Waals surface area contributed by atoms with E-state index in [1.165, 1.54) is 6.07 Å². The van der Waals surface area contributed by atoms with Crippen LogP contribution in [0.5, 0.6) is 0 Å². The van der Waals surface area contributed by atoms with Crippen LogP contribution >= 0.6 is 11.6 Å². The summed E-state index contributed by atoms with van der Waals surface area (Å²) in [6.45, 7) is 3.06. The molecule has 2 aromatic carbocycles. The summed E-state index contributed by atoms with van der Waals surface area (Å²) in [6.07, 6.45) is 4.43. The Morgan fingerprint density at radius 1 is 1.17 bits per heavy atom. The van der Waals surface area contributed by atoms with Crippen molar-refractivity contribution in [1.82, 2.24) is 18.9 Å². The summed E-state index contributed by atoms with van der Waals surface area (Å²) in [5.74, 6) is -1.00. The highest BCUT2D eigenvalue weighted by molar-refractivity contribution is 6.31. The third kappa shape index (κ3) is 3.56. The molecule has 0 radical (unpaired) electrons. The van der Waals surface area contributed by atoms with Gasteiger partial charge in [-0.1, -0.05) is 30.7 Å². The molecule has 0 saturated carbocycles. The first-order valence-corrected chi connectivity index (χ1v) is 9.61. The Labute approximate surface area is 171 Å². The van der Waals surface area contributed by atoms with Gasteiger partial charge in [-0.15, -0.1) is 0 Å². The van der Waals surface area contributed by atoms with Gasteiger partial charge in [0.1, 0.15) is 0 Å². The van der Waals surface area contributed by atoms with E-state index < -0.39 is 5.97 Å². The van der Waals surface area contributed by atoms with Gasteiger partial charge < -0.3 is 5.11 Å². The fourth-order valence-electron chi connectivity index (χ4n) is 3.44.